The lowest BCUT2D eigenvalue weighted by atomic mass is 10.1. The van der Waals surface area contributed by atoms with Crippen LogP contribution in [0.5, 0.6) is 0 Å². The van der Waals surface area contributed by atoms with E-state index in [9.17, 15) is 9.90 Å². The quantitative estimate of drug-likeness (QED) is 0.760. The lowest BCUT2D eigenvalue weighted by Crippen LogP contribution is -2.34. The Morgan fingerprint density at radius 2 is 1.90 bits per heavy atom. The van der Waals surface area contributed by atoms with Crippen LogP contribution in [0.2, 0.25) is 0 Å². The van der Waals surface area contributed by atoms with Gasteiger partial charge in [0.05, 0.1) is 5.92 Å². The second-order valence-electron chi connectivity index (χ2n) is 5.82. The van der Waals surface area contributed by atoms with Gasteiger partial charge in [-0.2, -0.15) is 0 Å². The van der Waals surface area contributed by atoms with E-state index in [1.165, 1.54) is 11.3 Å². The van der Waals surface area contributed by atoms with Gasteiger partial charge in [0.25, 0.3) is 0 Å². The normalized spacial score (nSPS) is 12.4. The summed E-state index contributed by atoms with van der Waals surface area (Å²) in [5.74, 6) is -1.10. The van der Waals surface area contributed by atoms with Crippen molar-refractivity contribution in [2.24, 2.45) is 5.92 Å². The first-order chi connectivity index (χ1) is 9.95. The molecule has 1 atom stereocenters. The van der Waals surface area contributed by atoms with Gasteiger partial charge in [-0.1, -0.05) is 32.0 Å². The molecule has 0 amide bonds. The number of para-hydroxylation sites is 1. The summed E-state index contributed by atoms with van der Waals surface area (Å²) >= 11 is 0. The maximum Gasteiger partial charge on any atom is 0.308 e. The summed E-state index contributed by atoms with van der Waals surface area (Å²) in [6.07, 6.45) is 1.99. The van der Waals surface area contributed by atoms with Crippen LogP contribution in [-0.2, 0) is 11.2 Å². The summed E-state index contributed by atoms with van der Waals surface area (Å²) in [5.41, 5.74) is 2.45. The van der Waals surface area contributed by atoms with Crippen LogP contribution >= 0.6 is 0 Å². The summed E-state index contributed by atoms with van der Waals surface area (Å²) in [6, 6.07) is 8.29. The smallest absolute Gasteiger partial charge is 0.308 e. The molecule has 1 rings (SSSR count). The average molecular weight is 292 g/mol. The average Bonchev–Trinajstić information content (AvgIpc) is 2.45. The minimum absolute atomic E-state index is 0.366. The minimum Gasteiger partial charge on any atom is -0.481 e. The van der Waals surface area contributed by atoms with E-state index >= 15 is 0 Å². The number of nitrogens with zero attached hydrogens (tertiary/aromatic N) is 2. The number of aryl methyl sites for hydroxylation is 1. The summed E-state index contributed by atoms with van der Waals surface area (Å²) in [7, 11) is 4.12. The van der Waals surface area contributed by atoms with Gasteiger partial charge in [0, 0.05) is 18.8 Å². The van der Waals surface area contributed by atoms with Crippen LogP contribution < -0.4 is 4.90 Å². The molecule has 0 heterocycles. The van der Waals surface area contributed by atoms with E-state index in [-0.39, 0.29) is 5.92 Å². The molecule has 0 radical (unpaired) electrons. The Kier molecular flexibility index (Phi) is 7.23. The fourth-order valence-corrected chi connectivity index (χ4v) is 2.41. The molecule has 0 bridgehead atoms. The molecule has 1 aromatic rings. The van der Waals surface area contributed by atoms with Crippen molar-refractivity contribution in [3.05, 3.63) is 29.8 Å². The maximum atomic E-state index is 11.2. The molecule has 1 aromatic carbocycles. The molecule has 0 aliphatic rings. The Morgan fingerprint density at radius 1 is 1.24 bits per heavy atom. The van der Waals surface area contributed by atoms with Crippen LogP contribution in [-0.4, -0.2) is 49.7 Å². The van der Waals surface area contributed by atoms with Crippen LogP contribution in [0.4, 0.5) is 5.69 Å². The topological polar surface area (TPSA) is 43.8 Å². The van der Waals surface area contributed by atoms with Gasteiger partial charge in [-0.3, -0.25) is 4.79 Å². The molecule has 0 aliphatic carbocycles. The van der Waals surface area contributed by atoms with Crippen molar-refractivity contribution in [2.45, 2.75) is 26.7 Å². The Bertz CT molecular complexity index is 446. The van der Waals surface area contributed by atoms with Crippen molar-refractivity contribution in [2.75, 3.05) is 38.6 Å². The van der Waals surface area contributed by atoms with Crippen LogP contribution in [0, 0.1) is 5.92 Å². The number of rotatable bonds is 9. The molecule has 1 N–H and O–H groups in total. The fourth-order valence-electron chi connectivity index (χ4n) is 2.41. The number of anilines is 1. The minimum atomic E-state index is -0.735. The van der Waals surface area contributed by atoms with E-state index in [1.54, 1.807) is 6.92 Å². The third kappa shape index (κ3) is 5.76. The van der Waals surface area contributed by atoms with Gasteiger partial charge >= 0.3 is 5.97 Å². The summed E-state index contributed by atoms with van der Waals surface area (Å²) in [5, 5.41) is 9.18. The van der Waals surface area contributed by atoms with Gasteiger partial charge in [0.2, 0.25) is 0 Å². The van der Waals surface area contributed by atoms with Crippen molar-refractivity contribution >= 4 is 11.7 Å². The highest BCUT2D eigenvalue weighted by Crippen LogP contribution is 2.22. The SMILES string of the molecule is CCc1ccccc1N(CCCN(C)C)CC(C)C(=O)O. The fraction of sp³-hybridized carbons (Fsp3) is 0.588. The second kappa shape index (κ2) is 8.67. The first kappa shape index (κ1) is 17.5. The molecular weight excluding hydrogens is 264 g/mol. The highest BCUT2D eigenvalue weighted by Gasteiger charge is 2.18. The molecule has 0 fully saturated rings. The molecular formula is C17H28N2O2. The van der Waals surface area contributed by atoms with Crippen molar-refractivity contribution in [1.29, 1.82) is 0 Å². The third-order valence-corrected chi connectivity index (χ3v) is 3.66. The van der Waals surface area contributed by atoms with Gasteiger partial charge in [-0.15, -0.1) is 0 Å². The van der Waals surface area contributed by atoms with Gasteiger partial charge < -0.3 is 14.9 Å². The van der Waals surface area contributed by atoms with E-state index in [1.807, 2.05) is 12.1 Å². The Morgan fingerprint density at radius 3 is 2.48 bits per heavy atom. The van der Waals surface area contributed by atoms with Gasteiger partial charge in [-0.25, -0.2) is 0 Å². The molecule has 4 nitrogen and oxygen atoms in total. The van der Waals surface area contributed by atoms with Crippen molar-refractivity contribution in [3.63, 3.8) is 0 Å². The molecule has 0 aliphatic heterocycles. The van der Waals surface area contributed by atoms with Crippen molar-refractivity contribution < 1.29 is 9.90 Å². The molecule has 21 heavy (non-hydrogen) atoms. The monoisotopic (exact) mass is 292 g/mol. The van der Waals surface area contributed by atoms with E-state index in [2.05, 4.69) is 43.0 Å². The van der Waals surface area contributed by atoms with E-state index in [0.29, 0.717) is 6.54 Å². The van der Waals surface area contributed by atoms with Gasteiger partial charge in [-0.05, 0) is 45.1 Å². The molecule has 0 spiro atoms. The van der Waals surface area contributed by atoms with Gasteiger partial charge in [0.15, 0.2) is 0 Å². The molecule has 0 aromatic heterocycles. The zero-order valence-electron chi connectivity index (χ0n) is 13.7. The molecule has 4 heteroatoms. The first-order valence-corrected chi connectivity index (χ1v) is 7.66. The predicted molar refractivity (Wildman–Crippen MR) is 88.0 cm³/mol. The van der Waals surface area contributed by atoms with Crippen LogP contribution in [0.1, 0.15) is 25.8 Å². The number of carboxylic acid groups (broad SMARTS) is 1. The van der Waals surface area contributed by atoms with Crippen LogP contribution in [0.25, 0.3) is 0 Å². The second-order valence-corrected chi connectivity index (χ2v) is 5.82. The molecule has 118 valence electrons. The zero-order valence-corrected chi connectivity index (χ0v) is 13.7. The third-order valence-electron chi connectivity index (χ3n) is 3.66. The van der Waals surface area contributed by atoms with E-state index in [4.69, 9.17) is 0 Å². The summed E-state index contributed by atoms with van der Waals surface area (Å²) in [4.78, 5) is 15.5. The Labute approximate surface area is 128 Å². The Balaban J connectivity index is 2.86. The highest BCUT2D eigenvalue weighted by molar-refractivity contribution is 5.70. The number of carbonyl (C=O) groups is 1. The first-order valence-electron chi connectivity index (χ1n) is 7.66. The molecule has 0 saturated carbocycles. The number of benzene rings is 1. The van der Waals surface area contributed by atoms with Crippen LogP contribution in [0.3, 0.4) is 0 Å². The van der Waals surface area contributed by atoms with Crippen molar-refractivity contribution in [1.82, 2.24) is 4.90 Å². The summed E-state index contributed by atoms with van der Waals surface area (Å²) in [6.45, 7) is 6.35. The largest absolute Gasteiger partial charge is 0.481 e. The number of hydrogen-bond donors (Lipinski definition) is 1. The molecule has 1 unspecified atom stereocenters. The van der Waals surface area contributed by atoms with E-state index in [0.717, 1.165) is 25.9 Å². The van der Waals surface area contributed by atoms with Crippen molar-refractivity contribution in [3.8, 4) is 0 Å². The van der Waals surface area contributed by atoms with Gasteiger partial charge in [0.1, 0.15) is 0 Å². The highest BCUT2D eigenvalue weighted by atomic mass is 16.4. The number of carboxylic acids is 1. The lowest BCUT2D eigenvalue weighted by Gasteiger charge is -2.29. The lowest BCUT2D eigenvalue weighted by molar-refractivity contribution is -0.140. The maximum absolute atomic E-state index is 11.2. The van der Waals surface area contributed by atoms with Crippen LogP contribution in [0.15, 0.2) is 24.3 Å². The number of hydrogen-bond acceptors (Lipinski definition) is 3. The standard InChI is InChI=1S/C17H28N2O2/c1-5-15-9-6-7-10-16(15)19(12-8-11-18(3)4)13-14(2)17(20)21/h6-7,9-10,14H,5,8,11-13H2,1-4H3,(H,20,21). The Hall–Kier alpha value is -1.55. The zero-order chi connectivity index (χ0) is 15.8. The predicted octanol–water partition coefficient (Wildman–Crippen LogP) is 2.73. The molecule has 0 saturated heterocycles. The van der Waals surface area contributed by atoms with E-state index < -0.39 is 5.97 Å². The number of aliphatic carboxylic acids is 1. The summed E-state index contributed by atoms with van der Waals surface area (Å²) < 4.78 is 0.